The van der Waals surface area contributed by atoms with Crippen LogP contribution in [0.4, 0.5) is 11.4 Å². The van der Waals surface area contributed by atoms with Gasteiger partial charge in [0.1, 0.15) is 11.5 Å². The van der Waals surface area contributed by atoms with Crippen molar-refractivity contribution in [3.05, 3.63) is 124 Å². The highest BCUT2D eigenvalue weighted by atomic mass is 16.3. The minimum absolute atomic E-state index is 0.0172. The van der Waals surface area contributed by atoms with E-state index in [4.69, 9.17) is 0 Å². The number of nitrogens with zero attached hydrogens (tertiary/aromatic N) is 4. The number of aromatic hydroxyl groups is 1. The molecule has 4 aromatic rings. The fourth-order valence-corrected chi connectivity index (χ4v) is 10.1. The van der Waals surface area contributed by atoms with Gasteiger partial charge in [0.05, 0.1) is 12.5 Å². The van der Waals surface area contributed by atoms with E-state index in [0.717, 1.165) is 69.9 Å². The third kappa shape index (κ3) is 6.81. The molecule has 1 saturated carbocycles. The van der Waals surface area contributed by atoms with Crippen LogP contribution >= 0.6 is 0 Å². The number of phenols is 1. The monoisotopic (exact) mass is 722 g/mol. The van der Waals surface area contributed by atoms with Crippen LogP contribution in [0, 0.1) is 5.92 Å². The number of piperidine rings is 1. The lowest BCUT2D eigenvalue weighted by Gasteiger charge is -2.40. The summed E-state index contributed by atoms with van der Waals surface area (Å²) >= 11 is 0. The topological polar surface area (TPSA) is 84.4 Å². The van der Waals surface area contributed by atoms with E-state index in [1.54, 1.807) is 4.90 Å². The van der Waals surface area contributed by atoms with Gasteiger partial charge >= 0.3 is 0 Å². The molecule has 1 amide bonds. The highest BCUT2D eigenvalue weighted by molar-refractivity contribution is 6.07. The predicted octanol–water partition coefficient (Wildman–Crippen LogP) is 6.94. The van der Waals surface area contributed by atoms with E-state index in [1.807, 2.05) is 18.2 Å². The van der Waals surface area contributed by atoms with Crippen molar-refractivity contribution in [1.82, 2.24) is 9.80 Å². The van der Waals surface area contributed by atoms with Crippen LogP contribution in [0.5, 0.6) is 5.75 Å². The number of phenolic OH excluding ortho intramolecular Hbond substituents is 1. The first-order valence-electron chi connectivity index (χ1n) is 20.0. The van der Waals surface area contributed by atoms with Gasteiger partial charge in [0.2, 0.25) is 0 Å². The summed E-state index contributed by atoms with van der Waals surface area (Å²) < 4.78 is 0. The molecule has 1 N–H and O–H groups in total. The van der Waals surface area contributed by atoms with E-state index in [0.29, 0.717) is 42.5 Å². The van der Waals surface area contributed by atoms with Crippen LogP contribution in [0.15, 0.2) is 91.0 Å². The van der Waals surface area contributed by atoms with Gasteiger partial charge in [-0.1, -0.05) is 48.5 Å². The molecule has 8 nitrogen and oxygen atoms in total. The molecule has 0 spiro atoms. The molecule has 3 aliphatic heterocycles. The van der Waals surface area contributed by atoms with E-state index in [1.165, 1.54) is 40.8 Å². The number of hydrogen-bond donors (Lipinski definition) is 1. The Kier molecular flexibility index (Phi) is 9.48. The van der Waals surface area contributed by atoms with E-state index >= 15 is 0 Å². The molecule has 54 heavy (non-hydrogen) atoms. The molecular formula is C46H50N4O4. The first kappa shape index (κ1) is 34.8. The minimum atomic E-state index is -0.476. The average Bonchev–Trinajstić information content (AvgIpc) is 3.53. The van der Waals surface area contributed by atoms with Gasteiger partial charge < -0.3 is 19.8 Å². The van der Waals surface area contributed by atoms with Crippen molar-refractivity contribution in [2.45, 2.75) is 69.4 Å². The summed E-state index contributed by atoms with van der Waals surface area (Å²) in [5.74, 6) is 1.47. The molecule has 2 aliphatic carbocycles. The van der Waals surface area contributed by atoms with E-state index in [9.17, 15) is 19.5 Å². The Morgan fingerprint density at radius 2 is 1.41 bits per heavy atom. The minimum Gasteiger partial charge on any atom is -0.508 e. The van der Waals surface area contributed by atoms with Crippen molar-refractivity contribution in [2.75, 3.05) is 55.6 Å². The molecule has 8 heteroatoms. The number of Topliss-reactive ketones (excluding diaryl/α,β-unsaturated/α-hetero) is 2. The van der Waals surface area contributed by atoms with Crippen molar-refractivity contribution in [3.63, 3.8) is 0 Å². The number of ketones is 2. The summed E-state index contributed by atoms with van der Waals surface area (Å²) in [6.45, 7) is 7.69. The predicted molar refractivity (Wildman–Crippen MR) is 211 cm³/mol. The first-order chi connectivity index (χ1) is 26.4. The van der Waals surface area contributed by atoms with E-state index in [-0.39, 0.29) is 29.8 Å². The van der Waals surface area contributed by atoms with Crippen LogP contribution in [0.2, 0.25) is 0 Å². The number of carbonyl (C=O) groups is 3. The zero-order valence-electron chi connectivity index (χ0n) is 31.0. The Morgan fingerprint density at radius 3 is 2.20 bits per heavy atom. The number of benzene rings is 4. The highest BCUT2D eigenvalue weighted by Crippen LogP contribution is 2.47. The zero-order chi connectivity index (χ0) is 36.8. The second-order valence-electron chi connectivity index (χ2n) is 16.2. The van der Waals surface area contributed by atoms with Gasteiger partial charge in [0.15, 0.2) is 5.78 Å². The number of piperazine rings is 1. The summed E-state index contributed by atoms with van der Waals surface area (Å²) in [6.07, 6.45) is 5.19. The maximum atomic E-state index is 13.2. The molecule has 278 valence electrons. The van der Waals surface area contributed by atoms with E-state index in [2.05, 4.69) is 87.5 Å². The van der Waals surface area contributed by atoms with Crippen LogP contribution in [0.1, 0.15) is 88.5 Å². The summed E-state index contributed by atoms with van der Waals surface area (Å²) in [5.41, 5.74) is 9.50. The number of fused-ring (bicyclic) bond motifs is 2. The molecular weight excluding hydrogens is 673 g/mol. The summed E-state index contributed by atoms with van der Waals surface area (Å²) in [6, 6.07) is 31.8. The average molecular weight is 723 g/mol. The van der Waals surface area contributed by atoms with Gasteiger partial charge in [-0.2, -0.15) is 0 Å². The Labute approximate surface area is 318 Å². The third-order valence-corrected chi connectivity index (χ3v) is 13.0. The van der Waals surface area contributed by atoms with Crippen LogP contribution in [0.25, 0.3) is 0 Å². The standard InChI is InChI=1S/C46H50N4O4/c51-38-11-15-41-33(27-38)9-13-40(32-5-2-1-3-6-32)45(41)34-7-4-8-36(25-34)48-19-17-31(18-20-48)29-47-21-23-49(24-22-47)37-10-14-42-35(26-37)30-50(46(42)54)43-16-12-39(52)28-44(43)53/h1-8,10-11,14-15,25-27,31,40,43,45,51H,9,12-13,16-24,28-30H2/t40-,43?,45+/m1/s1. The molecule has 3 heterocycles. The van der Waals surface area contributed by atoms with Crippen molar-refractivity contribution in [1.29, 1.82) is 0 Å². The lowest BCUT2D eigenvalue weighted by molar-refractivity contribution is -0.133. The third-order valence-electron chi connectivity index (χ3n) is 13.0. The normalized spacial score (nSPS) is 23.8. The Bertz CT molecular complexity index is 2050. The summed E-state index contributed by atoms with van der Waals surface area (Å²) in [5, 5.41) is 10.3. The molecule has 9 rings (SSSR count). The Hall–Kier alpha value is -4.95. The number of aryl methyl sites for hydroxylation is 1. The molecule has 3 atom stereocenters. The van der Waals surface area contributed by atoms with Gasteiger partial charge in [0, 0.05) is 81.6 Å². The maximum absolute atomic E-state index is 13.2. The smallest absolute Gasteiger partial charge is 0.255 e. The number of amides is 1. The maximum Gasteiger partial charge on any atom is 0.255 e. The van der Waals surface area contributed by atoms with Crippen molar-refractivity contribution in [3.8, 4) is 5.75 Å². The van der Waals surface area contributed by atoms with Crippen LogP contribution in [0.3, 0.4) is 0 Å². The zero-order valence-corrected chi connectivity index (χ0v) is 31.0. The molecule has 4 aromatic carbocycles. The number of rotatable bonds is 7. The number of anilines is 2. The lowest BCUT2D eigenvalue weighted by Crippen LogP contribution is -2.49. The first-order valence-corrected chi connectivity index (χ1v) is 20.0. The second-order valence-corrected chi connectivity index (χ2v) is 16.2. The molecule has 1 unspecified atom stereocenters. The van der Waals surface area contributed by atoms with Gasteiger partial charge in [-0.25, -0.2) is 0 Å². The molecule has 5 aliphatic rings. The van der Waals surface area contributed by atoms with Crippen LogP contribution in [-0.4, -0.2) is 84.2 Å². The summed E-state index contributed by atoms with van der Waals surface area (Å²) in [7, 11) is 0. The number of carbonyl (C=O) groups excluding carboxylic acids is 3. The summed E-state index contributed by atoms with van der Waals surface area (Å²) in [4.78, 5) is 46.9. The van der Waals surface area contributed by atoms with Crippen LogP contribution < -0.4 is 9.80 Å². The van der Waals surface area contributed by atoms with Gasteiger partial charge in [-0.05, 0) is 114 Å². The van der Waals surface area contributed by atoms with Crippen LogP contribution in [-0.2, 0) is 22.6 Å². The molecule has 2 saturated heterocycles. The SMILES string of the molecule is O=C1CCC(N2Cc3cc(N4CCN(CC5CCN(c6cccc([C@@H]7c8ccc(O)cc8CC[C@@H]7c7ccccc7)c6)CC5)CC4)ccc3C2=O)C(=O)C1. The lowest BCUT2D eigenvalue weighted by atomic mass is 9.69. The number of hydrogen-bond acceptors (Lipinski definition) is 7. The van der Waals surface area contributed by atoms with Gasteiger partial charge in [-0.15, -0.1) is 0 Å². The second kappa shape index (κ2) is 14.7. The van der Waals surface area contributed by atoms with Gasteiger partial charge in [0.25, 0.3) is 5.91 Å². The Morgan fingerprint density at radius 1 is 0.648 bits per heavy atom. The quantitative estimate of drug-likeness (QED) is 0.207. The molecule has 0 bridgehead atoms. The highest BCUT2D eigenvalue weighted by Gasteiger charge is 2.39. The molecule has 0 radical (unpaired) electrons. The molecule has 0 aromatic heterocycles. The van der Waals surface area contributed by atoms with Crippen molar-refractivity contribution in [2.24, 2.45) is 5.92 Å². The van der Waals surface area contributed by atoms with E-state index < -0.39 is 6.04 Å². The largest absolute Gasteiger partial charge is 0.508 e. The van der Waals surface area contributed by atoms with Gasteiger partial charge in [-0.3, -0.25) is 19.3 Å². The fourth-order valence-electron chi connectivity index (χ4n) is 10.1. The van der Waals surface area contributed by atoms with Crippen molar-refractivity contribution >= 4 is 28.8 Å². The fraction of sp³-hybridized carbons (Fsp3) is 0.413. The molecule has 3 fully saturated rings. The van der Waals surface area contributed by atoms with Crippen molar-refractivity contribution < 1.29 is 19.5 Å². The Balaban J connectivity index is 0.801.